The first-order valence-corrected chi connectivity index (χ1v) is 12.2. The minimum absolute atomic E-state index is 0.0670. The first-order chi connectivity index (χ1) is 15.5. The van der Waals surface area contributed by atoms with Crippen LogP contribution in [0.1, 0.15) is 29.5 Å². The molecule has 4 rings (SSSR count). The highest BCUT2D eigenvalue weighted by Gasteiger charge is 2.27. The molecule has 5 nitrogen and oxygen atoms in total. The zero-order valence-electron chi connectivity index (χ0n) is 17.7. The number of amides is 1. The minimum atomic E-state index is -3.48. The van der Waals surface area contributed by atoms with Crippen molar-refractivity contribution < 1.29 is 13.2 Å². The maximum atomic E-state index is 13.0. The monoisotopic (exact) mass is 446 g/mol. The summed E-state index contributed by atoms with van der Waals surface area (Å²) in [5.74, 6) is -0.107. The molecule has 1 aliphatic carbocycles. The third-order valence-electron chi connectivity index (χ3n) is 5.25. The van der Waals surface area contributed by atoms with E-state index in [2.05, 4.69) is 4.72 Å². The predicted octanol–water partition coefficient (Wildman–Crippen LogP) is 4.37. The topological polar surface area (TPSA) is 66.5 Å². The van der Waals surface area contributed by atoms with Crippen LogP contribution >= 0.6 is 0 Å². The van der Waals surface area contributed by atoms with Gasteiger partial charge >= 0.3 is 0 Å². The Balaban J connectivity index is 1.46. The van der Waals surface area contributed by atoms with Gasteiger partial charge < -0.3 is 4.90 Å². The fourth-order valence-corrected chi connectivity index (χ4v) is 4.64. The van der Waals surface area contributed by atoms with Crippen LogP contribution in [0, 0.1) is 0 Å². The van der Waals surface area contributed by atoms with Crippen molar-refractivity contribution in [1.29, 1.82) is 0 Å². The standard InChI is InChI=1S/C26H26N2O3S/c29-26(18-13-21-11-16-25(17-12-21)32(30,31)27-24-14-15-24)28(19-22-7-3-1-4-8-22)20-23-9-5-2-6-10-23/h1-13,16-18,24,27H,14-15,19-20H2/b18-13+. The van der Waals surface area contributed by atoms with Gasteiger partial charge in [0, 0.05) is 25.2 Å². The normalized spacial score (nSPS) is 13.9. The van der Waals surface area contributed by atoms with Crippen molar-refractivity contribution in [3.8, 4) is 0 Å². The summed E-state index contributed by atoms with van der Waals surface area (Å²) >= 11 is 0. The van der Waals surface area contributed by atoms with Crippen LogP contribution in [-0.2, 0) is 27.9 Å². The van der Waals surface area contributed by atoms with E-state index in [0.717, 1.165) is 29.5 Å². The van der Waals surface area contributed by atoms with Crippen molar-refractivity contribution >= 4 is 22.0 Å². The lowest BCUT2D eigenvalue weighted by Gasteiger charge is -2.21. The Bertz CT molecular complexity index is 1130. The van der Waals surface area contributed by atoms with E-state index in [4.69, 9.17) is 0 Å². The molecule has 164 valence electrons. The zero-order chi connectivity index (χ0) is 22.4. The number of nitrogens with zero attached hydrogens (tertiary/aromatic N) is 1. The molecule has 1 amide bonds. The van der Waals surface area contributed by atoms with Gasteiger partial charge in [-0.3, -0.25) is 4.79 Å². The number of carbonyl (C=O) groups excluding carboxylic acids is 1. The third-order valence-corrected chi connectivity index (χ3v) is 6.79. The first kappa shape index (κ1) is 22.0. The van der Waals surface area contributed by atoms with Crippen LogP contribution in [0.5, 0.6) is 0 Å². The van der Waals surface area contributed by atoms with Crippen LogP contribution in [-0.4, -0.2) is 25.3 Å². The highest BCUT2D eigenvalue weighted by Crippen LogP contribution is 2.22. The molecule has 1 saturated carbocycles. The van der Waals surface area contributed by atoms with E-state index in [1.165, 1.54) is 6.08 Å². The summed E-state index contributed by atoms with van der Waals surface area (Å²) in [4.78, 5) is 15.0. The second kappa shape index (κ2) is 9.94. The highest BCUT2D eigenvalue weighted by atomic mass is 32.2. The van der Waals surface area contributed by atoms with Crippen LogP contribution in [0.15, 0.2) is 95.9 Å². The quantitative estimate of drug-likeness (QED) is 0.497. The molecule has 0 atom stereocenters. The summed E-state index contributed by atoms with van der Waals surface area (Å²) in [5, 5.41) is 0. The number of rotatable bonds is 9. The summed E-state index contributed by atoms with van der Waals surface area (Å²) in [5.41, 5.74) is 2.88. The van der Waals surface area contributed by atoms with Crippen molar-refractivity contribution in [3.63, 3.8) is 0 Å². The van der Waals surface area contributed by atoms with Crippen molar-refractivity contribution in [2.75, 3.05) is 0 Å². The Labute approximate surface area is 189 Å². The number of carbonyl (C=O) groups is 1. The Morgan fingerprint density at radius 2 is 1.38 bits per heavy atom. The second-order valence-electron chi connectivity index (χ2n) is 7.96. The number of nitrogens with one attached hydrogen (secondary N) is 1. The Hall–Kier alpha value is -3.22. The van der Waals surface area contributed by atoms with Gasteiger partial charge in [-0.05, 0) is 47.7 Å². The third kappa shape index (κ3) is 6.15. The Kier molecular flexibility index (Phi) is 6.83. The van der Waals surface area contributed by atoms with E-state index in [9.17, 15) is 13.2 Å². The van der Waals surface area contributed by atoms with Crippen LogP contribution in [0.25, 0.3) is 6.08 Å². The largest absolute Gasteiger partial charge is 0.331 e. The molecule has 0 heterocycles. The van der Waals surface area contributed by atoms with Gasteiger partial charge in [0.15, 0.2) is 0 Å². The van der Waals surface area contributed by atoms with Crippen molar-refractivity contribution in [2.45, 2.75) is 36.9 Å². The molecule has 1 aliphatic rings. The lowest BCUT2D eigenvalue weighted by molar-refractivity contribution is -0.127. The molecule has 0 aliphatic heterocycles. The summed E-state index contributed by atoms with van der Waals surface area (Å²) in [7, 11) is -3.48. The molecule has 0 bridgehead atoms. The molecule has 0 saturated heterocycles. The van der Waals surface area contributed by atoms with E-state index < -0.39 is 10.0 Å². The van der Waals surface area contributed by atoms with Crippen LogP contribution in [0.4, 0.5) is 0 Å². The summed E-state index contributed by atoms with van der Waals surface area (Å²) < 4.78 is 27.3. The maximum Gasteiger partial charge on any atom is 0.247 e. The van der Waals surface area contributed by atoms with Crippen molar-refractivity contribution in [1.82, 2.24) is 9.62 Å². The van der Waals surface area contributed by atoms with Gasteiger partial charge in [-0.25, -0.2) is 13.1 Å². The lowest BCUT2D eigenvalue weighted by Crippen LogP contribution is -2.28. The van der Waals surface area contributed by atoms with E-state index >= 15 is 0 Å². The summed E-state index contributed by atoms with van der Waals surface area (Å²) in [6.45, 7) is 1.01. The highest BCUT2D eigenvalue weighted by molar-refractivity contribution is 7.89. The van der Waals surface area contributed by atoms with Gasteiger partial charge in [-0.2, -0.15) is 0 Å². The fraction of sp³-hybridized carbons (Fsp3) is 0.192. The van der Waals surface area contributed by atoms with Crippen LogP contribution in [0.3, 0.4) is 0 Å². The summed E-state index contributed by atoms with van der Waals surface area (Å²) in [6.07, 6.45) is 5.04. The first-order valence-electron chi connectivity index (χ1n) is 10.7. The Morgan fingerprint density at radius 1 is 0.844 bits per heavy atom. The molecule has 0 aromatic heterocycles. The molecule has 1 N–H and O–H groups in total. The van der Waals surface area contributed by atoms with E-state index in [0.29, 0.717) is 13.1 Å². The van der Waals surface area contributed by atoms with Gasteiger partial charge in [0.2, 0.25) is 15.9 Å². The van der Waals surface area contributed by atoms with Crippen LogP contribution in [0.2, 0.25) is 0 Å². The molecule has 1 fully saturated rings. The minimum Gasteiger partial charge on any atom is -0.331 e. The molecule has 32 heavy (non-hydrogen) atoms. The molecular weight excluding hydrogens is 420 g/mol. The number of hydrogen-bond donors (Lipinski definition) is 1. The molecule has 0 radical (unpaired) electrons. The lowest BCUT2D eigenvalue weighted by atomic mass is 10.1. The van der Waals surface area contributed by atoms with E-state index in [-0.39, 0.29) is 16.8 Å². The van der Waals surface area contributed by atoms with Crippen molar-refractivity contribution in [3.05, 3.63) is 108 Å². The number of sulfonamides is 1. The van der Waals surface area contributed by atoms with Gasteiger partial charge in [0.1, 0.15) is 0 Å². The smallest absolute Gasteiger partial charge is 0.247 e. The molecule has 0 unspecified atom stereocenters. The van der Waals surface area contributed by atoms with Crippen molar-refractivity contribution in [2.24, 2.45) is 0 Å². The number of benzene rings is 3. The summed E-state index contributed by atoms with van der Waals surface area (Å²) in [6, 6.07) is 26.4. The van der Waals surface area contributed by atoms with Gasteiger partial charge in [-0.1, -0.05) is 72.8 Å². The Morgan fingerprint density at radius 3 is 1.88 bits per heavy atom. The predicted molar refractivity (Wildman–Crippen MR) is 126 cm³/mol. The zero-order valence-corrected chi connectivity index (χ0v) is 18.5. The second-order valence-corrected chi connectivity index (χ2v) is 9.68. The molecule has 3 aromatic rings. The maximum absolute atomic E-state index is 13.0. The number of hydrogen-bond acceptors (Lipinski definition) is 3. The average molecular weight is 447 g/mol. The van der Waals surface area contributed by atoms with Gasteiger partial charge in [0.25, 0.3) is 0 Å². The van der Waals surface area contributed by atoms with Gasteiger partial charge in [-0.15, -0.1) is 0 Å². The molecule has 0 spiro atoms. The van der Waals surface area contributed by atoms with Gasteiger partial charge in [0.05, 0.1) is 4.90 Å². The molecular formula is C26H26N2O3S. The molecule has 3 aromatic carbocycles. The average Bonchev–Trinajstić information content (AvgIpc) is 3.62. The van der Waals surface area contributed by atoms with Crippen LogP contribution < -0.4 is 4.72 Å². The van der Waals surface area contributed by atoms with E-state index in [1.807, 2.05) is 60.7 Å². The van der Waals surface area contributed by atoms with E-state index in [1.54, 1.807) is 35.2 Å². The fourth-order valence-electron chi connectivity index (χ4n) is 3.34. The molecule has 6 heteroatoms. The SMILES string of the molecule is O=C(/C=C/c1ccc(S(=O)(=O)NC2CC2)cc1)N(Cc1ccccc1)Cc1ccccc1.